The lowest BCUT2D eigenvalue weighted by Crippen LogP contribution is -2.24. The smallest absolute Gasteiger partial charge is 0.263 e. The minimum absolute atomic E-state index is 0.0747. The van der Waals surface area contributed by atoms with Crippen molar-refractivity contribution in [2.75, 3.05) is 4.90 Å². The highest BCUT2D eigenvalue weighted by atomic mass is 79.9. The van der Waals surface area contributed by atoms with E-state index in [-0.39, 0.29) is 5.91 Å². The van der Waals surface area contributed by atoms with Crippen LogP contribution in [-0.2, 0) is 4.79 Å². The molecule has 32 heavy (non-hydrogen) atoms. The van der Waals surface area contributed by atoms with Crippen LogP contribution in [0.5, 0.6) is 0 Å². The summed E-state index contributed by atoms with van der Waals surface area (Å²) in [5, 5.41) is 0. The third-order valence-electron chi connectivity index (χ3n) is 5.40. The van der Waals surface area contributed by atoms with Gasteiger partial charge >= 0.3 is 0 Å². The first-order valence-corrected chi connectivity index (χ1v) is 11.1. The Balaban J connectivity index is 1.53. The van der Waals surface area contributed by atoms with E-state index in [0.717, 1.165) is 38.3 Å². The number of carbonyl (C=O) groups is 1. The van der Waals surface area contributed by atoms with Crippen LogP contribution >= 0.6 is 15.9 Å². The number of aryl methyl sites for hydroxylation is 1. The van der Waals surface area contributed by atoms with Gasteiger partial charge in [-0.05, 0) is 61.0 Å². The van der Waals surface area contributed by atoms with Gasteiger partial charge in [0.2, 0.25) is 0 Å². The minimum atomic E-state index is -0.0747. The SMILES string of the molecule is Cc1ccc(N2C(=O)/C(=C/c3ccc(-c4ccc(Br)cc4)o3)C=C2c2ccccc2)cc1. The van der Waals surface area contributed by atoms with Gasteiger partial charge in [0.1, 0.15) is 11.5 Å². The Morgan fingerprint density at radius 3 is 2.25 bits per heavy atom. The van der Waals surface area contributed by atoms with Crippen LogP contribution in [0.25, 0.3) is 23.1 Å². The van der Waals surface area contributed by atoms with Crippen molar-refractivity contribution in [1.29, 1.82) is 0 Å². The quantitative estimate of drug-likeness (QED) is 0.283. The fourth-order valence-corrected chi connectivity index (χ4v) is 4.00. The monoisotopic (exact) mass is 481 g/mol. The maximum absolute atomic E-state index is 13.5. The molecule has 0 spiro atoms. The number of hydrogen-bond acceptors (Lipinski definition) is 2. The molecule has 0 aliphatic carbocycles. The lowest BCUT2D eigenvalue weighted by molar-refractivity contribution is -0.113. The molecule has 4 heteroatoms. The summed E-state index contributed by atoms with van der Waals surface area (Å²) in [6, 6.07) is 29.7. The summed E-state index contributed by atoms with van der Waals surface area (Å²) in [6.45, 7) is 2.04. The number of amides is 1. The van der Waals surface area contributed by atoms with E-state index in [9.17, 15) is 4.79 Å². The van der Waals surface area contributed by atoms with E-state index in [0.29, 0.717) is 11.3 Å². The second-order valence-corrected chi connectivity index (χ2v) is 8.60. The first kappa shape index (κ1) is 20.3. The number of halogens is 1. The third kappa shape index (κ3) is 3.97. The number of furan rings is 1. The van der Waals surface area contributed by atoms with E-state index in [4.69, 9.17) is 4.42 Å². The standard InChI is InChI=1S/C28H20BrNO2/c1-19-7-13-24(14-8-19)30-26(20-5-3-2-4-6-20)18-22(28(30)31)17-25-15-16-27(32-25)21-9-11-23(29)12-10-21/h2-18H,1H3/b22-17+. The fraction of sp³-hybridized carbons (Fsp3) is 0.0357. The molecule has 1 amide bonds. The number of rotatable bonds is 4. The predicted molar refractivity (Wildman–Crippen MR) is 133 cm³/mol. The topological polar surface area (TPSA) is 33.5 Å². The van der Waals surface area contributed by atoms with E-state index in [1.54, 1.807) is 4.90 Å². The highest BCUT2D eigenvalue weighted by Crippen LogP contribution is 2.35. The average molecular weight is 482 g/mol. The van der Waals surface area contributed by atoms with E-state index < -0.39 is 0 Å². The van der Waals surface area contributed by atoms with Crippen LogP contribution in [0.1, 0.15) is 16.9 Å². The largest absolute Gasteiger partial charge is 0.457 e. The molecule has 0 radical (unpaired) electrons. The summed E-state index contributed by atoms with van der Waals surface area (Å²) < 4.78 is 7.04. The second-order valence-electron chi connectivity index (χ2n) is 7.68. The van der Waals surface area contributed by atoms with Crippen LogP contribution in [0.4, 0.5) is 5.69 Å². The molecule has 0 unspecified atom stereocenters. The molecular weight excluding hydrogens is 462 g/mol. The normalized spacial score (nSPS) is 14.8. The lowest BCUT2D eigenvalue weighted by Gasteiger charge is -2.21. The predicted octanol–water partition coefficient (Wildman–Crippen LogP) is 7.49. The number of benzene rings is 3. The molecule has 5 rings (SSSR count). The van der Waals surface area contributed by atoms with Crippen LogP contribution in [0.15, 0.2) is 112 Å². The van der Waals surface area contributed by atoms with Gasteiger partial charge in [0.05, 0.1) is 5.70 Å². The summed E-state index contributed by atoms with van der Waals surface area (Å²) >= 11 is 3.45. The van der Waals surface area contributed by atoms with Crippen molar-refractivity contribution in [2.45, 2.75) is 6.92 Å². The van der Waals surface area contributed by atoms with Gasteiger partial charge < -0.3 is 4.42 Å². The van der Waals surface area contributed by atoms with Gasteiger partial charge in [-0.2, -0.15) is 0 Å². The Labute approximate surface area is 195 Å². The van der Waals surface area contributed by atoms with Crippen molar-refractivity contribution in [2.24, 2.45) is 0 Å². The Morgan fingerprint density at radius 1 is 0.812 bits per heavy atom. The second kappa shape index (κ2) is 8.48. The Bertz CT molecular complexity index is 1330. The van der Waals surface area contributed by atoms with E-state index in [1.807, 2.05) is 110 Å². The third-order valence-corrected chi connectivity index (χ3v) is 5.93. The van der Waals surface area contributed by atoms with Crippen LogP contribution in [0.2, 0.25) is 0 Å². The average Bonchev–Trinajstić information content (AvgIpc) is 3.41. The van der Waals surface area contributed by atoms with Crippen molar-refractivity contribution in [3.05, 3.63) is 124 Å². The zero-order valence-electron chi connectivity index (χ0n) is 17.5. The molecule has 0 saturated heterocycles. The van der Waals surface area contributed by atoms with Gasteiger partial charge in [-0.3, -0.25) is 9.69 Å². The van der Waals surface area contributed by atoms with E-state index >= 15 is 0 Å². The molecule has 0 fully saturated rings. The molecule has 4 aromatic rings. The van der Waals surface area contributed by atoms with Gasteiger partial charge in [0.15, 0.2) is 0 Å². The van der Waals surface area contributed by atoms with E-state index in [2.05, 4.69) is 15.9 Å². The van der Waals surface area contributed by atoms with Crippen LogP contribution in [0, 0.1) is 6.92 Å². The molecular formula is C28H20BrNO2. The molecule has 0 atom stereocenters. The molecule has 2 heterocycles. The number of nitrogens with zero attached hydrogens (tertiary/aromatic N) is 1. The maximum atomic E-state index is 13.5. The van der Waals surface area contributed by atoms with Crippen LogP contribution < -0.4 is 4.90 Å². The van der Waals surface area contributed by atoms with Crippen LogP contribution in [0.3, 0.4) is 0 Å². The van der Waals surface area contributed by atoms with Crippen molar-refractivity contribution in [1.82, 2.24) is 0 Å². The van der Waals surface area contributed by atoms with Crippen molar-refractivity contribution < 1.29 is 9.21 Å². The molecule has 1 aliphatic heterocycles. The van der Waals surface area contributed by atoms with Crippen molar-refractivity contribution >= 4 is 39.3 Å². The van der Waals surface area contributed by atoms with Gasteiger partial charge in [0.25, 0.3) is 5.91 Å². The summed E-state index contributed by atoms with van der Waals surface area (Å²) in [4.78, 5) is 15.2. The minimum Gasteiger partial charge on any atom is -0.457 e. The van der Waals surface area contributed by atoms with Crippen molar-refractivity contribution in [3.63, 3.8) is 0 Å². The first-order chi connectivity index (χ1) is 15.6. The Kier molecular flexibility index (Phi) is 5.38. The molecule has 1 aromatic heterocycles. The van der Waals surface area contributed by atoms with Crippen LogP contribution in [-0.4, -0.2) is 5.91 Å². The summed E-state index contributed by atoms with van der Waals surface area (Å²) in [6.07, 6.45) is 3.74. The summed E-state index contributed by atoms with van der Waals surface area (Å²) in [5.41, 5.74) is 5.40. The first-order valence-electron chi connectivity index (χ1n) is 10.3. The molecule has 3 aromatic carbocycles. The van der Waals surface area contributed by atoms with Gasteiger partial charge in [0, 0.05) is 21.3 Å². The number of anilines is 1. The molecule has 0 bridgehead atoms. The summed E-state index contributed by atoms with van der Waals surface area (Å²) in [5.74, 6) is 1.33. The highest BCUT2D eigenvalue weighted by Gasteiger charge is 2.30. The fourth-order valence-electron chi connectivity index (χ4n) is 3.74. The number of hydrogen-bond donors (Lipinski definition) is 0. The lowest BCUT2D eigenvalue weighted by atomic mass is 10.1. The molecule has 0 saturated carbocycles. The highest BCUT2D eigenvalue weighted by molar-refractivity contribution is 9.10. The number of carbonyl (C=O) groups excluding carboxylic acids is 1. The molecule has 3 nitrogen and oxygen atoms in total. The van der Waals surface area contributed by atoms with Gasteiger partial charge in [-0.1, -0.05) is 76.1 Å². The van der Waals surface area contributed by atoms with E-state index in [1.165, 1.54) is 0 Å². The molecule has 1 aliphatic rings. The molecule has 0 N–H and O–H groups in total. The van der Waals surface area contributed by atoms with Gasteiger partial charge in [-0.25, -0.2) is 0 Å². The maximum Gasteiger partial charge on any atom is 0.263 e. The molecule has 156 valence electrons. The van der Waals surface area contributed by atoms with Crippen molar-refractivity contribution in [3.8, 4) is 11.3 Å². The summed E-state index contributed by atoms with van der Waals surface area (Å²) in [7, 11) is 0. The Morgan fingerprint density at radius 2 is 1.53 bits per heavy atom. The zero-order valence-corrected chi connectivity index (χ0v) is 19.0. The zero-order chi connectivity index (χ0) is 22.1. The van der Waals surface area contributed by atoms with Gasteiger partial charge in [-0.15, -0.1) is 0 Å². The Hall–Kier alpha value is -3.63.